The minimum absolute atomic E-state index is 0.0641. The highest BCUT2D eigenvalue weighted by atomic mass is 19.2. The number of carbonyl (C=O) groups excluding carboxylic acids is 1. The van der Waals surface area contributed by atoms with Crippen LogP contribution in [0.2, 0.25) is 0 Å². The highest BCUT2D eigenvalue weighted by Gasteiger charge is 2.24. The van der Waals surface area contributed by atoms with Crippen molar-refractivity contribution in [2.24, 2.45) is 0 Å². The molecule has 0 aliphatic heterocycles. The Labute approximate surface area is 129 Å². The minimum Gasteiger partial charge on any atom is -0.475 e. The highest BCUT2D eigenvalue weighted by molar-refractivity contribution is 5.94. The van der Waals surface area contributed by atoms with E-state index in [2.05, 4.69) is 5.32 Å². The van der Waals surface area contributed by atoms with E-state index in [0.717, 1.165) is 5.56 Å². The lowest BCUT2D eigenvalue weighted by Crippen LogP contribution is -2.31. The first-order valence-corrected chi connectivity index (χ1v) is 6.66. The number of ether oxygens (including phenoxy) is 1. The number of hydrogen-bond acceptors (Lipinski definition) is 2. The molecule has 23 heavy (non-hydrogen) atoms. The molecule has 2 aromatic carbocycles. The number of amides is 1. The average molecular weight is 327 g/mol. The van der Waals surface area contributed by atoms with Crippen LogP contribution in [0.5, 0.6) is 5.75 Å². The summed E-state index contributed by atoms with van der Waals surface area (Å²) in [6, 6.07) is 6.82. The van der Waals surface area contributed by atoms with E-state index >= 15 is 0 Å². The normalized spacial score (nSPS) is 11.9. The molecule has 0 aliphatic carbocycles. The van der Waals surface area contributed by atoms with Crippen molar-refractivity contribution in [2.75, 3.05) is 5.32 Å². The predicted octanol–water partition coefficient (Wildman–Crippen LogP) is 3.96. The molecule has 2 rings (SSSR count). The molecule has 0 aromatic heterocycles. The fourth-order valence-electron chi connectivity index (χ4n) is 1.77. The van der Waals surface area contributed by atoms with Gasteiger partial charge < -0.3 is 10.1 Å². The second-order valence-corrected chi connectivity index (χ2v) is 4.91. The average Bonchev–Trinajstić information content (AvgIpc) is 2.51. The molecular formula is C16H13F4NO2. The zero-order valence-electron chi connectivity index (χ0n) is 12.3. The van der Waals surface area contributed by atoms with Crippen LogP contribution >= 0.6 is 0 Å². The fraction of sp³-hybridized carbons (Fsp3) is 0.188. The lowest BCUT2D eigenvalue weighted by atomic mass is 10.2. The Balaban J connectivity index is 2.14. The monoisotopic (exact) mass is 327 g/mol. The number of nitrogens with one attached hydrogen (secondary N) is 1. The highest BCUT2D eigenvalue weighted by Crippen LogP contribution is 2.27. The molecule has 0 saturated heterocycles. The number of rotatable bonds is 4. The maximum atomic E-state index is 13.5. The van der Waals surface area contributed by atoms with Gasteiger partial charge in [0.1, 0.15) is 0 Å². The van der Waals surface area contributed by atoms with Gasteiger partial charge in [-0.15, -0.1) is 0 Å². The summed E-state index contributed by atoms with van der Waals surface area (Å²) < 4.78 is 57.9. The first-order valence-electron chi connectivity index (χ1n) is 6.66. The zero-order valence-corrected chi connectivity index (χ0v) is 12.3. The topological polar surface area (TPSA) is 38.3 Å². The molecule has 2 aromatic rings. The standard InChI is InChI=1S/C16H13F4NO2/c1-8-3-5-10(6-4-8)21-16(22)9(2)23-15-13(19)11(17)7-12(18)14(15)20/h3-7,9H,1-2H3,(H,21,22)/t9-/m1/s1. The maximum Gasteiger partial charge on any atom is 0.265 e. The van der Waals surface area contributed by atoms with Crippen LogP contribution in [0.15, 0.2) is 30.3 Å². The minimum atomic E-state index is -1.70. The number of benzene rings is 2. The molecule has 122 valence electrons. The van der Waals surface area contributed by atoms with Crippen molar-refractivity contribution in [1.29, 1.82) is 0 Å². The quantitative estimate of drug-likeness (QED) is 0.682. The predicted molar refractivity (Wildman–Crippen MR) is 76.2 cm³/mol. The van der Waals surface area contributed by atoms with Gasteiger partial charge in [-0.2, -0.15) is 8.78 Å². The summed E-state index contributed by atoms with van der Waals surface area (Å²) in [7, 11) is 0. The Kier molecular flexibility index (Phi) is 4.88. The van der Waals surface area contributed by atoms with Gasteiger partial charge in [-0.3, -0.25) is 4.79 Å². The molecule has 0 aliphatic rings. The Morgan fingerprint density at radius 2 is 1.57 bits per heavy atom. The zero-order chi connectivity index (χ0) is 17.1. The van der Waals surface area contributed by atoms with Gasteiger partial charge in [-0.25, -0.2) is 8.78 Å². The number of halogens is 4. The molecule has 3 nitrogen and oxygen atoms in total. The first-order chi connectivity index (χ1) is 10.8. The third-order valence-corrected chi connectivity index (χ3v) is 3.05. The van der Waals surface area contributed by atoms with Gasteiger partial charge in [0.15, 0.2) is 23.5 Å². The van der Waals surface area contributed by atoms with E-state index < -0.39 is 41.0 Å². The van der Waals surface area contributed by atoms with Gasteiger partial charge in [0, 0.05) is 11.8 Å². The Morgan fingerprint density at radius 3 is 2.09 bits per heavy atom. The molecule has 1 N–H and O–H groups in total. The molecule has 0 unspecified atom stereocenters. The van der Waals surface area contributed by atoms with Crippen LogP contribution in [0.25, 0.3) is 0 Å². The van der Waals surface area contributed by atoms with Crippen LogP contribution < -0.4 is 10.1 Å². The van der Waals surface area contributed by atoms with Crippen molar-refractivity contribution in [3.05, 3.63) is 59.2 Å². The number of anilines is 1. The molecule has 0 fully saturated rings. The second kappa shape index (κ2) is 6.68. The third kappa shape index (κ3) is 3.80. The first kappa shape index (κ1) is 16.8. The van der Waals surface area contributed by atoms with E-state index in [4.69, 9.17) is 4.74 Å². The molecule has 1 atom stereocenters. The van der Waals surface area contributed by atoms with Crippen molar-refractivity contribution < 1.29 is 27.1 Å². The summed E-state index contributed by atoms with van der Waals surface area (Å²) in [4.78, 5) is 11.9. The summed E-state index contributed by atoms with van der Waals surface area (Å²) in [5.41, 5.74) is 1.43. The van der Waals surface area contributed by atoms with E-state index in [1.165, 1.54) is 6.92 Å². The van der Waals surface area contributed by atoms with Crippen molar-refractivity contribution in [1.82, 2.24) is 0 Å². The molecule has 0 radical (unpaired) electrons. The van der Waals surface area contributed by atoms with Crippen LogP contribution in [0, 0.1) is 30.2 Å². The van der Waals surface area contributed by atoms with E-state index in [0.29, 0.717) is 5.69 Å². The second-order valence-electron chi connectivity index (χ2n) is 4.91. The Bertz CT molecular complexity index is 706. The summed E-state index contributed by atoms with van der Waals surface area (Å²) in [5, 5.41) is 2.46. The van der Waals surface area contributed by atoms with Gasteiger partial charge in [-0.05, 0) is 26.0 Å². The number of carbonyl (C=O) groups is 1. The van der Waals surface area contributed by atoms with E-state index in [-0.39, 0.29) is 6.07 Å². The van der Waals surface area contributed by atoms with E-state index in [1.54, 1.807) is 24.3 Å². The van der Waals surface area contributed by atoms with E-state index in [9.17, 15) is 22.4 Å². The summed E-state index contributed by atoms with van der Waals surface area (Å²) in [5.74, 6) is -8.60. The maximum absolute atomic E-state index is 13.5. The molecule has 7 heteroatoms. The van der Waals surface area contributed by atoms with Crippen LogP contribution in [-0.2, 0) is 4.79 Å². The Morgan fingerprint density at radius 1 is 1.04 bits per heavy atom. The van der Waals surface area contributed by atoms with Crippen LogP contribution in [0.3, 0.4) is 0 Å². The molecule has 0 spiro atoms. The lowest BCUT2D eigenvalue weighted by molar-refractivity contribution is -0.122. The van der Waals surface area contributed by atoms with Gasteiger partial charge in [-0.1, -0.05) is 17.7 Å². The van der Waals surface area contributed by atoms with Crippen LogP contribution in [0.4, 0.5) is 23.2 Å². The van der Waals surface area contributed by atoms with Gasteiger partial charge in [0.2, 0.25) is 11.6 Å². The van der Waals surface area contributed by atoms with Crippen LogP contribution in [-0.4, -0.2) is 12.0 Å². The van der Waals surface area contributed by atoms with Gasteiger partial charge >= 0.3 is 0 Å². The van der Waals surface area contributed by atoms with E-state index in [1.807, 2.05) is 6.92 Å². The van der Waals surface area contributed by atoms with Crippen molar-refractivity contribution >= 4 is 11.6 Å². The lowest BCUT2D eigenvalue weighted by Gasteiger charge is -2.16. The van der Waals surface area contributed by atoms with Crippen molar-refractivity contribution in [3.63, 3.8) is 0 Å². The fourth-order valence-corrected chi connectivity index (χ4v) is 1.77. The van der Waals surface area contributed by atoms with Crippen LogP contribution in [0.1, 0.15) is 12.5 Å². The summed E-state index contributed by atoms with van der Waals surface area (Å²) in [6.07, 6.45) is -1.37. The molecule has 1 amide bonds. The van der Waals surface area contributed by atoms with Gasteiger partial charge in [0.05, 0.1) is 0 Å². The SMILES string of the molecule is Cc1ccc(NC(=O)[C@@H](C)Oc2c(F)c(F)cc(F)c2F)cc1. The molecular weight excluding hydrogens is 314 g/mol. The van der Waals surface area contributed by atoms with Crippen molar-refractivity contribution in [3.8, 4) is 5.75 Å². The van der Waals surface area contributed by atoms with Crippen molar-refractivity contribution in [2.45, 2.75) is 20.0 Å². The molecule has 0 heterocycles. The Hall–Kier alpha value is -2.57. The summed E-state index contributed by atoms with van der Waals surface area (Å²) >= 11 is 0. The van der Waals surface area contributed by atoms with Gasteiger partial charge in [0.25, 0.3) is 5.91 Å². The summed E-state index contributed by atoms with van der Waals surface area (Å²) in [6.45, 7) is 3.06. The largest absolute Gasteiger partial charge is 0.475 e. The molecule has 0 saturated carbocycles. The number of aryl methyl sites for hydroxylation is 1. The number of hydrogen-bond donors (Lipinski definition) is 1. The smallest absolute Gasteiger partial charge is 0.265 e. The molecule has 0 bridgehead atoms. The third-order valence-electron chi connectivity index (χ3n) is 3.05.